The maximum Gasteiger partial charge on any atom is 0.230 e. The highest BCUT2D eigenvalue weighted by atomic mass is 35.5. The highest BCUT2D eigenvalue weighted by Gasteiger charge is 2.12. The van der Waals surface area contributed by atoms with Gasteiger partial charge in [0.1, 0.15) is 5.75 Å². The third kappa shape index (κ3) is 6.90. The summed E-state index contributed by atoms with van der Waals surface area (Å²) >= 11 is 1.55. The maximum absolute atomic E-state index is 11.8. The molecule has 1 atom stereocenters. The molecular weight excluding hydrogens is 320 g/mol. The summed E-state index contributed by atoms with van der Waals surface area (Å²) in [5.74, 6) is 2.13. The van der Waals surface area contributed by atoms with Gasteiger partial charge < -0.3 is 15.4 Å². The first-order valence-electron chi connectivity index (χ1n) is 7.52. The molecule has 0 spiro atoms. The lowest BCUT2D eigenvalue weighted by Gasteiger charge is -2.22. The highest BCUT2D eigenvalue weighted by molar-refractivity contribution is 8.00. The van der Waals surface area contributed by atoms with E-state index in [2.05, 4.69) is 10.6 Å². The molecule has 1 unspecified atom stereocenters. The summed E-state index contributed by atoms with van der Waals surface area (Å²) < 4.78 is 5.11. The smallest absolute Gasteiger partial charge is 0.230 e. The molecule has 0 aliphatic carbocycles. The Bertz CT molecular complexity index is 436. The molecule has 1 aromatic carbocycles. The number of thioether (sulfide) groups is 1. The molecule has 1 saturated heterocycles. The highest BCUT2D eigenvalue weighted by Crippen LogP contribution is 2.21. The molecule has 1 aliphatic rings. The minimum absolute atomic E-state index is 0. The molecule has 1 amide bonds. The zero-order valence-corrected chi connectivity index (χ0v) is 14.6. The number of hydrogen-bond acceptors (Lipinski definition) is 4. The normalized spacial score (nSPS) is 17.4. The van der Waals surface area contributed by atoms with Crippen LogP contribution in [0.15, 0.2) is 29.2 Å². The number of benzene rings is 1. The van der Waals surface area contributed by atoms with Crippen LogP contribution >= 0.6 is 24.2 Å². The molecule has 0 bridgehead atoms. The van der Waals surface area contributed by atoms with Crippen LogP contribution in [0.4, 0.5) is 0 Å². The summed E-state index contributed by atoms with van der Waals surface area (Å²) in [7, 11) is 1.65. The van der Waals surface area contributed by atoms with E-state index in [-0.39, 0.29) is 18.3 Å². The lowest BCUT2D eigenvalue weighted by Crippen LogP contribution is -2.33. The zero-order chi connectivity index (χ0) is 14.9. The third-order valence-corrected chi connectivity index (χ3v) is 4.72. The number of amides is 1. The predicted molar refractivity (Wildman–Crippen MR) is 94.2 cm³/mol. The van der Waals surface area contributed by atoms with E-state index in [4.69, 9.17) is 4.74 Å². The van der Waals surface area contributed by atoms with Crippen LogP contribution in [0.25, 0.3) is 0 Å². The molecule has 4 nitrogen and oxygen atoms in total. The Hall–Kier alpha value is -0.910. The second kappa shape index (κ2) is 10.8. The Kier molecular flexibility index (Phi) is 9.36. The van der Waals surface area contributed by atoms with Gasteiger partial charge >= 0.3 is 0 Å². The van der Waals surface area contributed by atoms with Gasteiger partial charge in [0.15, 0.2) is 0 Å². The number of halogens is 1. The second-order valence-corrected chi connectivity index (χ2v) is 6.36. The number of methoxy groups -OCH3 is 1. The molecule has 1 heterocycles. The lowest BCUT2D eigenvalue weighted by atomic mass is 9.96. The summed E-state index contributed by atoms with van der Waals surface area (Å²) in [5, 5.41) is 6.41. The van der Waals surface area contributed by atoms with Gasteiger partial charge in [0, 0.05) is 11.4 Å². The number of carbonyl (C=O) groups is 1. The van der Waals surface area contributed by atoms with Crippen molar-refractivity contribution in [3.05, 3.63) is 24.3 Å². The van der Waals surface area contributed by atoms with Crippen molar-refractivity contribution in [2.75, 3.05) is 32.5 Å². The van der Waals surface area contributed by atoms with Crippen LogP contribution in [0.2, 0.25) is 0 Å². The van der Waals surface area contributed by atoms with E-state index in [1.165, 1.54) is 12.8 Å². The van der Waals surface area contributed by atoms with Crippen LogP contribution in [0.5, 0.6) is 5.75 Å². The minimum Gasteiger partial charge on any atom is -0.497 e. The van der Waals surface area contributed by atoms with Crippen molar-refractivity contribution in [3.8, 4) is 5.75 Å². The van der Waals surface area contributed by atoms with E-state index in [1.54, 1.807) is 18.9 Å². The minimum atomic E-state index is 0. The van der Waals surface area contributed by atoms with Crippen LogP contribution in [0.3, 0.4) is 0 Å². The van der Waals surface area contributed by atoms with Crippen molar-refractivity contribution >= 4 is 30.1 Å². The molecule has 2 N–H and O–H groups in total. The predicted octanol–water partition coefficient (Wildman–Crippen LogP) is 2.72. The summed E-state index contributed by atoms with van der Waals surface area (Å²) in [4.78, 5) is 12.9. The van der Waals surface area contributed by atoms with Crippen molar-refractivity contribution in [2.24, 2.45) is 5.92 Å². The first-order valence-corrected chi connectivity index (χ1v) is 8.51. The fourth-order valence-corrected chi connectivity index (χ4v) is 3.19. The molecule has 2 rings (SSSR count). The van der Waals surface area contributed by atoms with Gasteiger partial charge in [0.05, 0.1) is 12.9 Å². The Labute approximate surface area is 143 Å². The molecule has 6 heteroatoms. The molecule has 0 radical (unpaired) electrons. The fourth-order valence-electron chi connectivity index (χ4n) is 2.46. The average molecular weight is 345 g/mol. The van der Waals surface area contributed by atoms with Crippen LogP contribution in [-0.2, 0) is 4.79 Å². The largest absolute Gasteiger partial charge is 0.497 e. The zero-order valence-electron chi connectivity index (χ0n) is 13.0. The van der Waals surface area contributed by atoms with Gasteiger partial charge in [-0.1, -0.05) is 0 Å². The second-order valence-electron chi connectivity index (χ2n) is 5.32. The third-order valence-electron chi connectivity index (χ3n) is 3.70. The van der Waals surface area contributed by atoms with E-state index >= 15 is 0 Å². The van der Waals surface area contributed by atoms with Crippen LogP contribution in [0, 0.1) is 5.92 Å². The molecule has 124 valence electrons. The van der Waals surface area contributed by atoms with E-state index in [1.807, 2.05) is 24.3 Å². The quantitative estimate of drug-likeness (QED) is 0.747. The van der Waals surface area contributed by atoms with Gasteiger partial charge in [-0.15, -0.1) is 24.2 Å². The van der Waals surface area contributed by atoms with E-state index in [0.717, 1.165) is 36.7 Å². The topological polar surface area (TPSA) is 50.4 Å². The molecule has 0 aromatic heterocycles. The fraction of sp³-hybridized carbons (Fsp3) is 0.562. The number of piperidine rings is 1. The SMILES string of the molecule is COc1ccc(SCC(=O)NCCC2CCCNC2)cc1.Cl. The summed E-state index contributed by atoms with van der Waals surface area (Å²) in [6, 6.07) is 7.78. The molecule has 1 aliphatic heterocycles. The standard InChI is InChI=1S/C16H24N2O2S.ClH/c1-20-14-4-6-15(7-5-14)21-12-16(19)18-10-8-13-3-2-9-17-11-13;/h4-7,13,17H,2-3,8-12H2,1H3,(H,18,19);1H. The van der Waals surface area contributed by atoms with Crippen molar-refractivity contribution in [1.29, 1.82) is 0 Å². The number of nitrogens with one attached hydrogen (secondary N) is 2. The first-order chi connectivity index (χ1) is 10.3. The molecule has 1 aromatic rings. The lowest BCUT2D eigenvalue weighted by molar-refractivity contribution is -0.118. The van der Waals surface area contributed by atoms with Crippen molar-refractivity contribution < 1.29 is 9.53 Å². The van der Waals surface area contributed by atoms with Gasteiger partial charge in [-0.3, -0.25) is 4.79 Å². The molecular formula is C16H25ClN2O2S. The maximum atomic E-state index is 11.8. The first kappa shape index (κ1) is 19.1. The molecule has 1 fully saturated rings. The van der Waals surface area contributed by atoms with Crippen molar-refractivity contribution in [3.63, 3.8) is 0 Å². The van der Waals surface area contributed by atoms with Gasteiger partial charge in [-0.25, -0.2) is 0 Å². The van der Waals surface area contributed by atoms with E-state index < -0.39 is 0 Å². The summed E-state index contributed by atoms with van der Waals surface area (Å²) in [6.45, 7) is 3.02. The van der Waals surface area contributed by atoms with E-state index in [0.29, 0.717) is 11.7 Å². The van der Waals surface area contributed by atoms with Gasteiger partial charge in [-0.2, -0.15) is 0 Å². The number of hydrogen-bond donors (Lipinski definition) is 2. The molecule has 0 saturated carbocycles. The summed E-state index contributed by atoms with van der Waals surface area (Å²) in [5.41, 5.74) is 0. The number of rotatable bonds is 7. The Balaban J connectivity index is 0.00000242. The van der Waals surface area contributed by atoms with Crippen LogP contribution in [0.1, 0.15) is 19.3 Å². The monoisotopic (exact) mass is 344 g/mol. The van der Waals surface area contributed by atoms with Gasteiger partial charge in [0.2, 0.25) is 5.91 Å². The number of ether oxygens (including phenoxy) is 1. The Morgan fingerprint density at radius 2 is 2.18 bits per heavy atom. The Morgan fingerprint density at radius 3 is 2.82 bits per heavy atom. The van der Waals surface area contributed by atoms with Crippen molar-refractivity contribution in [2.45, 2.75) is 24.2 Å². The van der Waals surface area contributed by atoms with Crippen LogP contribution < -0.4 is 15.4 Å². The number of carbonyl (C=O) groups excluding carboxylic acids is 1. The van der Waals surface area contributed by atoms with Crippen LogP contribution in [-0.4, -0.2) is 38.4 Å². The van der Waals surface area contributed by atoms with Crippen molar-refractivity contribution in [1.82, 2.24) is 10.6 Å². The van der Waals surface area contributed by atoms with E-state index in [9.17, 15) is 4.79 Å². The van der Waals surface area contributed by atoms with Gasteiger partial charge in [0.25, 0.3) is 0 Å². The summed E-state index contributed by atoms with van der Waals surface area (Å²) in [6.07, 6.45) is 3.61. The molecule has 22 heavy (non-hydrogen) atoms. The van der Waals surface area contributed by atoms with Gasteiger partial charge in [-0.05, 0) is 62.5 Å². The average Bonchev–Trinajstić information content (AvgIpc) is 2.54. The Morgan fingerprint density at radius 1 is 1.41 bits per heavy atom.